The minimum atomic E-state index is -1.04. The second-order valence-corrected chi connectivity index (χ2v) is 6.34. The van der Waals surface area contributed by atoms with E-state index in [1.54, 1.807) is 31.5 Å². The van der Waals surface area contributed by atoms with Crippen LogP contribution in [-0.4, -0.2) is 57.8 Å². The second-order valence-electron chi connectivity index (χ2n) is 6.34. The van der Waals surface area contributed by atoms with Crippen LogP contribution in [0.3, 0.4) is 0 Å². The molecule has 2 atom stereocenters. The number of hydrogen-bond acceptors (Lipinski definition) is 6. The van der Waals surface area contributed by atoms with Gasteiger partial charge in [-0.05, 0) is 31.9 Å². The molecule has 26 heavy (non-hydrogen) atoms. The zero-order chi connectivity index (χ0) is 18.7. The Morgan fingerprint density at radius 2 is 2.04 bits per heavy atom. The third-order valence-corrected chi connectivity index (χ3v) is 4.10. The van der Waals surface area contributed by atoms with Crippen LogP contribution in [0.4, 0.5) is 0 Å². The van der Waals surface area contributed by atoms with Crippen LogP contribution in [0.2, 0.25) is 0 Å². The number of carbonyl (C=O) groups excluding carboxylic acids is 2. The van der Waals surface area contributed by atoms with Gasteiger partial charge in [0.15, 0.2) is 0 Å². The number of aromatic nitrogens is 3. The van der Waals surface area contributed by atoms with Gasteiger partial charge in [0, 0.05) is 6.54 Å². The lowest BCUT2D eigenvalue weighted by Crippen LogP contribution is -2.53. The first kappa shape index (κ1) is 18.1. The molecule has 3 rings (SSSR count). The Kier molecular flexibility index (Phi) is 5.32. The van der Waals surface area contributed by atoms with Gasteiger partial charge in [-0.25, -0.2) is 4.79 Å². The van der Waals surface area contributed by atoms with E-state index in [2.05, 4.69) is 10.2 Å². The first-order valence-electron chi connectivity index (χ1n) is 8.57. The average Bonchev–Trinajstić information content (AvgIpc) is 3.15. The van der Waals surface area contributed by atoms with E-state index in [-0.39, 0.29) is 18.4 Å². The maximum atomic E-state index is 13.3. The van der Waals surface area contributed by atoms with Crippen LogP contribution in [0.25, 0.3) is 5.69 Å². The third kappa shape index (κ3) is 3.60. The average molecular weight is 358 g/mol. The molecule has 1 aromatic heterocycles. The van der Waals surface area contributed by atoms with E-state index in [4.69, 9.17) is 9.47 Å². The Hall–Kier alpha value is -2.74. The van der Waals surface area contributed by atoms with Crippen molar-refractivity contribution in [3.63, 3.8) is 0 Å². The number of carbonyl (C=O) groups is 2. The maximum Gasteiger partial charge on any atom is 0.356 e. The summed E-state index contributed by atoms with van der Waals surface area (Å²) in [5, 5.41) is 8.23. The highest BCUT2D eigenvalue weighted by Crippen LogP contribution is 2.23. The lowest BCUT2D eigenvalue weighted by Gasteiger charge is -2.37. The normalized spacial score (nSPS) is 20.0. The van der Waals surface area contributed by atoms with Crippen LogP contribution in [-0.2, 0) is 14.3 Å². The van der Waals surface area contributed by atoms with Gasteiger partial charge in [0.05, 0.1) is 36.9 Å². The molecule has 2 aromatic rings. The smallest absolute Gasteiger partial charge is 0.356 e. The van der Waals surface area contributed by atoms with Gasteiger partial charge in [-0.1, -0.05) is 18.6 Å². The van der Waals surface area contributed by atoms with Crippen molar-refractivity contribution < 1.29 is 19.1 Å². The minimum Gasteiger partial charge on any atom is -0.463 e. The number of amides is 1. The standard InChI is InChI=1S/C18H22N4O4/c1-4-25-18(24)17-21(10-13(3)11-26-17)16(23)14-9-12(2)5-6-15(14)22-19-7-8-20-22/h5-9,13,17H,4,10-11H2,1-3H3. The molecule has 0 bridgehead atoms. The van der Waals surface area contributed by atoms with Crippen molar-refractivity contribution in [2.45, 2.75) is 27.0 Å². The van der Waals surface area contributed by atoms with Gasteiger partial charge in [0.2, 0.25) is 6.23 Å². The number of esters is 1. The second kappa shape index (κ2) is 7.65. The molecule has 0 saturated carbocycles. The van der Waals surface area contributed by atoms with E-state index in [1.165, 1.54) is 9.70 Å². The van der Waals surface area contributed by atoms with Crippen LogP contribution >= 0.6 is 0 Å². The number of rotatable bonds is 4. The zero-order valence-corrected chi connectivity index (χ0v) is 15.1. The van der Waals surface area contributed by atoms with Gasteiger partial charge in [-0.3, -0.25) is 4.79 Å². The Balaban J connectivity index is 1.98. The van der Waals surface area contributed by atoms with E-state index in [0.717, 1.165) is 5.56 Å². The first-order chi connectivity index (χ1) is 12.5. The minimum absolute atomic E-state index is 0.112. The van der Waals surface area contributed by atoms with Gasteiger partial charge in [-0.2, -0.15) is 15.0 Å². The Labute approximate surface area is 151 Å². The lowest BCUT2D eigenvalue weighted by atomic mass is 10.1. The largest absolute Gasteiger partial charge is 0.463 e. The van der Waals surface area contributed by atoms with Crippen LogP contribution in [0.1, 0.15) is 29.8 Å². The monoisotopic (exact) mass is 358 g/mol. The number of benzene rings is 1. The molecule has 138 valence electrons. The number of ether oxygens (including phenoxy) is 2. The number of nitrogens with zero attached hydrogens (tertiary/aromatic N) is 4. The van der Waals surface area contributed by atoms with Crippen molar-refractivity contribution in [2.75, 3.05) is 19.8 Å². The molecule has 2 unspecified atom stereocenters. The van der Waals surface area contributed by atoms with Crippen LogP contribution in [0, 0.1) is 12.8 Å². The highest BCUT2D eigenvalue weighted by Gasteiger charge is 2.38. The van der Waals surface area contributed by atoms with Crippen molar-refractivity contribution in [2.24, 2.45) is 5.92 Å². The topological polar surface area (TPSA) is 86.5 Å². The summed E-state index contributed by atoms with van der Waals surface area (Å²) in [4.78, 5) is 28.4. The molecular formula is C18H22N4O4. The van der Waals surface area contributed by atoms with Crippen molar-refractivity contribution in [1.82, 2.24) is 19.9 Å². The summed E-state index contributed by atoms with van der Waals surface area (Å²) >= 11 is 0. The van der Waals surface area contributed by atoms with Gasteiger partial charge < -0.3 is 14.4 Å². The molecule has 0 radical (unpaired) electrons. The van der Waals surface area contributed by atoms with Crippen molar-refractivity contribution in [1.29, 1.82) is 0 Å². The molecule has 8 heteroatoms. The fourth-order valence-electron chi connectivity index (χ4n) is 2.92. The van der Waals surface area contributed by atoms with E-state index in [0.29, 0.717) is 24.4 Å². The van der Waals surface area contributed by atoms with Crippen LogP contribution < -0.4 is 0 Å². The van der Waals surface area contributed by atoms with E-state index in [1.807, 2.05) is 19.9 Å². The highest BCUT2D eigenvalue weighted by molar-refractivity contribution is 5.99. The fraction of sp³-hybridized carbons (Fsp3) is 0.444. The van der Waals surface area contributed by atoms with Crippen molar-refractivity contribution in [3.05, 3.63) is 41.7 Å². The van der Waals surface area contributed by atoms with Crippen molar-refractivity contribution >= 4 is 11.9 Å². The quantitative estimate of drug-likeness (QED) is 0.771. The fourth-order valence-corrected chi connectivity index (χ4v) is 2.92. The molecule has 0 spiro atoms. The summed E-state index contributed by atoms with van der Waals surface area (Å²) in [6.45, 7) is 6.61. The van der Waals surface area contributed by atoms with Crippen molar-refractivity contribution in [3.8, 4) is 5.69 Å². The predicted octanol–water partition coefficient (Wildman–Crippen LogP) is 1.57. The van der Waals surface area contributed by atoms with E-state index >= 15 is 0 Å². The SMILES string of the molecule is CCOC(=O)C1OCC(C)CN1C(=O)c1cc(C)ccc1-n1nccn1. The molecule has 1 fully saturated rings. The molecule has 1 aromatic carbocycles. The highest BCUT2D eigenvalue weighted by atomic mass is 16.6. The number of aryl methyl sites for hydroxylation is 1. The third-order valence-electron chi connectivity index (χ3n) is 4.10. The Bertz CT molecular complexity index is 790. The molecule has 1 aliphatic rings. The number of hydrogen-bond donors (Lipinski definition) is 0. The van der Waals surface area contributed by atoms with E-state index in [9.17, 15) is 9.59 Å². The summed E-state index contributed by atoms with van der Waals surface area (Å²) in [5.74, 6) is -0.759. The summed E-state index contributed by atoms with van der Waals surface area (Å²) in [6.07, 6.45) is 2.04. The molecule has 8 nitrogen and oxygen atoms in total. The summed E-state index contributed by atoms with van der Waals surface area (Å²) in [5.41, 5.74) is 1.88. The lowest BCUT2D eigenvalue weighted by molar-refractivity contribution is -0.177. The molecule has 1 amide bonds. The molecule has 0 N–H and O–H groups in total. The molecule has 1 aliphatic heterocycles. The van der Waals surface area contributed by atoms with Gasteiger partial charge in [0.1, 0.15) is 0 Å². The summed E-state index contributed by atoms with van der Waals surface area (Å²) in [6, 6.07) is 5.44. The molecular weight excluding hydrogens is 336 g/mol. The van der Waals surface area contributed by atoms with Gasteiger partial charge >= 0.3 is 5.97 Å². The predicted molar refractivity (Wildman–Crippen MR) is 92.7 cm³/mol. The van der Waals surface area contributed by atoms with Gasteiger partial charge in [0.25, 0.3) is 5.91 Å². The van der Waals surface area contributed by atoms with Crippen LogP contribution in [0.5, 0.6) is 0 Å². The Morgan fingerprint density at radius 1 is 1.31 bits per heavy atom. The molecule has 2 heterocycles. The summed E-state index contributed by atoms with van der Waals surface area (Å²) in [7, 11) is 0. The van der Waals surface area contributed by atoms with E-state index < -0.39 is 12.2 Å². The first-order valence-corrected chi connectivity index (χ1v) is 8.57. The van der Waals surface area contributed by atoms with Gasteiger partial charge in [-0.15, -0.1) is 0 Å². The maximum absolute atomic E-state index is 13.3. The summed E-state index contributed by atoms with van der Waals surface area (Å²) < 4.78 is 10.7. The van der Waals surface area contributed by atoms with Crippen LogP contribution in [0.15, 0.2) is 30.6 Å². The Morgan fingerprint density at radius 3 is 2.73 bits per heavy atom. The zero-order valence-electron chi connectivity index (χ0n) is 15.1. The molecule has 0 aliphatic carbocycles. The molecule has 1 saturated heterocycles.